The van der Waals surface area contributed by atoms with E-state index in [1.54, 1.807) is 4.90 Å². The summed E-state index contributed by atoms with van der Waals surface area (Å²) in [4.78, 5) is 14.4. The van der Waals surface area contributed by atoms with Gasteiger partial charge in [0.05, 0.1) is 4.91 Å². The number of hydrogen-bond donors (Lipinski definition) is 0. The highest BCUT2D eigenvalue weighted by Crippen LogP contribution is 2.35. The van der Waals surface area contributed by atoms with Crippen LogP contribution in [0.3, 0.4) is 0 Å². The fourth-order valence-corrected chi connectivity index (χ4v) is 3.46. The summed E-state index contributed by atoms with van der Waals surface area (Å²) in [5.41, 5.74) is 0.908. The molecular weight excluding hydrogens is 294 g/mol. The Hall–Kier alpha value is -1.53. The Labute approximate surface area is 126 Å². The Morgan fingerprint density at radius 3 is 2.80 bits per heavy atom. The first-order chi connectivity index (χ1) is 9.69. The van der Waals surface area contributed by atoms with Gasteiger partial charge in [0.25, 0.3) is 5.91 Å². The molecule has 2 aliphatic heterocycles. The van der Waals surface area contributed by atoms with Gasteiger partial charge in [-0.25, -0.2) is 0 Å². The Balaban J connectivity index is 1.89. The van der Waals surface area contributed by atoms with E-state index < -0.39 is 0 Å². The lowest BCUT2D eigenvalue weighted by molar-refractivity contribution is -0.121. The predicted molar refractivity (Wildman–Crippen MR) is 83.0 cm³/mol. The van der Waals surface area contributed by atoms with Crippen LogP contribution in [-0.2, 0) is 4.79 Å². The topological polar surface area (TPSA) is 38.8 Å². The van der Waals surface area contributed by atoms with Gasteiger partial charge in [-0.1, -0.05) is 30.0 Å². The highest BCUT2D eigenvalue weighted by molar-refractivity contribution is 8.26. The molecule has 0 bridgehead atoms. The Morgan fingerprint density at radius 1 is 1.35 bits per heavy atom. The molecule has 3 rings (SSSR count). The van der Waals surface area contributed by atoms with Crippen molar-refractivity contribution >= 4 is 40.3 Å². The number of likely N-dealkylation sites (N-methyl/N-ethyl adjacent to an activating group) is 1. The van der Waals surface area contributed by atoms with Crippen molar-refractivity contribution in [3.8, 4) is 11.5 Å². The van der Waals surface area contributed by atoms with E-state index in [2.05, 4.69) is 0 Å². The first kappa shape index (κ1) is 13.5. The second-order valence-corrected chi connectivity index (χ2v) is 6.00. The fraction of sp³-hybridized carbons (Fsp3) is 0.286. The Morgan fingerprint density at radius 2 is 2.10 bits per heavy atom. The molecule has 0 aliphatic carbocycles. The second kappa shape index (κ2) is 5.46. The summed E-state index contributed by atoms with van der Waals surface area (Å²) in [5.74, 6) is 1.43. The smallest absolute Gasteiger partial charge is 0.266 e. The van der Waals surface area contributed by atoms with E-state index in [1.165, 1.54) is 11.8 Å². The van der Waals surface area contributed by atoms with Crippen molar-refractivity contribution in [1.29, 1.82) is 0 Å². The van der Waals surface area contributed by atoms with Crippen LogP contribution in [0.4, 0.5) is 0 Å². The van der Waals surface area contributed by atoms with E-state index in [0.717, 1.165) is 17.1 Å². The van der Waals surface area contributed by atoms with Crippen LogP contribution in [0.2, 0.25) is 0 Å². The molecule has 0 unspecified atom stereocenters. The summed E-state index contributed by atoms with van der Waals surface area (Å²) in [6.07, 6.45) is 1.84. The summed E-state index contributed by atoms with van der Waals surface area (Å²) in [5, 5.41) is 0. The maximum atomic E-state index is 12.1. The van der Waals surface area contributed by atoms with Crippen LogP contribution in [0.5, 0.6) is 11.5 Å². The molecule has 1 aromatic rings. The number of carbonyl (C=O) groups is 1. The molecule has 4 nitrogen and oxygen atoms in total. The Bertz CT molecular complexity index is 612. The van der Waals surface area contributed by atoms with Crippen LogP contribution in [0.1, 0.15) is 12.5 Å². The van der Waals surface area contributed by atoms with Gasteiger partial charge in [0, 0.05) is 6.54 Å². The van der Waals surface area contributed by atoms with Crippen molar-refractivity contribution in [3.63, 3.8) is 0 Å². The van der Waals surface area contributed by atoms with Crippen molar-refractivity contribution in [2.45, 2.75) is 6.92 Å². The van der Waals surface area contributed by atoms with Gasteiger partial charge in [0.15, 0.2) is 11.5 Å². The molecule has 0 saturated carbocycles. The van der Waals surface area contributed by atoms with Gasteiger partial charge in [-0.2, -0.15) is 0 Å². The molecule has 0 radical (unpaired) electrons. The van der Waals surface area contributed by atoms with Crippen LogP contribution in [0, 0.1) is 0 Å². The summed E-state index contributed by atoms with van der Waals surface area (Å²) in [7, 11) is 0. The van der Waals surface area contributed by atoms with Gasteiger partial charge < -0.3 is 9.47 Å². The third kappa shape index (κ3) is 2.41. The monoisotopic (exact) mass is 307 g/mol. The van der Waals surface area contributed by atoms with Crippen LogP contribution < -0.4 is 9.47 Å². The van der Waals surface area contributed by atoms with Crippen molar-refractivity contribution < 1.29 is 14.3 Å². The first-order valence-corrected chi connectivity index (χ1v) is 7.56. The molecule has 0 N–H and O–H groups in total. The number of amides is 1. The highest BCUT2D eigenvalue weighted by Gasteiger charge is 2.30. The largest absolute Gasteiger partial charge is 0.486 e. The molecule has 0 atom stereocenters. The lowest BCUT2D eigenvalue weighted by atomic mass is 10.1. The van der Waals surface area contributed by atoms with Crippen LogP contribution >= 0.6 is 24.0 Å². The lowest BCUT2D eigenvalue weighted by Crippen LogP contribution is -2.27. The number of thiocarbonyl (C=S) groups is 1. The molecule has 0 spiro atoms. The zero-order valence-corrected chi connectivity index (χ0v) is 12.6. The van der Waals surface area contributed by atoms with E-state index >= 15 is 0 Å². The quantitative estimate of drug-likeness (QED) is 0.620. The lowest BCUT2D eigenvalue weighted by Gasteiger charge is -2.18. The number of rotatable bonds is 2. The van der Waals surface area contributed by atoms with Crippen molar-refractivity contribution in [2.75, 3.05) is 19.8 Å². The average molecular weight is 307 g/mol. The molecule has 104 valence electrons. The molecular formula is C14H13NO3S2. The van der Waals surface area contributed by atoms with Gasteiger partial charge in [-0.05, 0) is 30.7 Å². The van der Waals surface area contributed by atoms with Crippen LogP contribution in [-0.4, -0.2) is 34.9 Å². The number of ether oxygens (including phenoxy) is 2. The maximum Gasteiger partial charge on any atom is 0.266 e. The van der Waals surface area contributed by atoms with E-state index in [-0.39, 0.29) is 5.91 Å². The van der Waals surface area contributed by atoms with E-state index in [1.807, 2.05) is 31.2 Å². The zero-order valence-electron chi connectivity index (χ0n) is 10.9. The maximum absolute atomic E-state index is 12.1. The van der Waals surface area contributed by atoms with Gasteiger partial charge in [0.2, 0.25) is 0 Å². The van der Waals surface area contributed by atoms with Crippen LogP contribution in [0.25, 0.3) is 6.08 Å². The summed E-state index contributed by atoms with van der Waals surface area (Å²) >= 11 is 6.53. The summed E-state index contributed by atoms with van der Waals surface area (Å²) in [6, 6.07) is 5.65. The number of benzene rings is 1. The first-order valence-electron chi connectivity index (χ1n) is 6.34. The van der Waals surface area contributed by atoms with Gasteiger partial charge in [-0.15, -0.1) is 0 Å². The van der Waals surface area contributed by atoms with Crippen molar-refractivity contribution in [3.05, 3.63) is 28.7 Å². The second-order valence-electron chi connectivity index (χ2n) is 4.33. The molecule has 1 saturated heterocycles. The van der Waals surface area contributed by atoms with Crippen molar-refractivity contribution in [2.24, 2.45) is 0 Å². The highest BCUT2D eigenvalue weighted by atomic mass is 32.2. The molecule has 0 aromatic heterocycles. The predicted octanol–water partition coefficient (Wildman–Crippen LogP) is 2.68. The normalized spacial score (nSPS) is 19.9. The van der Waals surface area contributed by atoms with Gasteiger partial charge in [-0.3, -0.25) is 9.69 Å². The summed E-state index contributed by atoms with van der Waals surface area (Å²) in [6.45, 7) is 3.64. The number of carbonyl (C=O) groups excluding carboxylic acids is 1. The number of hydrogen-bond acceptors (Lipinski definition) is 5. The molecule has 1 aromatic carbocycles. The van der Waals surface area contributed by atoms with E-state index in [9.17, 15) is 4.79 Å². The minimum atomic E-state index is -0.0302. The van der Waals surface area contributed by atoms with Crippen LogP contribution in [0.15, 0.2) is 23.1 Å². The van der Waals surface area contributed by atoms with Gasteiger partial charge >= 0.3 is 0 Å². The summed E-state index contributed by atoms with van der Waals surface area (Å²) < 4.78 is 11.6. The van der Waals surface area contributed by atoms with Crippen molar-refractivity contribution in [1.82, 2.24) is 4.90 Å². The molecule has 20 heavy (non-hydrogen) atoms. The molecule has 2 aliphatic rings. The number of nitrogens with zero attached hydrogens (tertiary/aromatic N) is 1. The number of fused-ring (bicyclic) bond motifs is 1. The standard InChI is InChI=1S/C14H13NO3S2/c1-2-15-13(16)12(20-14(15)19)8-9-3-4-10-11(7-9)18-6-5-17-10/h3-4,7-8H,2,5-6H2,1H3. The van der Waals surface area contributed by atoms with E-state index in [4.69, 9.17) is 21.7 Å². The average Bonchev–Trinajstić information content (AvgIpc) is 2.73. The molecule has 6 heteroatoms. The third-order valence-corrected chi connectivity index (χ3v) is 4.43. The minimum absolute atomic E-state index is 0.0302. The molecule has 2 heterocycles. The zero-order chi connectivity index (χ0) is 14.1. The SMILES string of the molecule is CCN1C(=O)C(=Cc2ccc3c(c2)OCCO3)SC1=S. The van der Waals surface area contributed by atoms with E-state index in [0.29, 0.717) is 29.0 Å². The van der Waals surface area contributed by atoms with Gasteiger partial charge in [0.1, 0.15) is 17.5 Å². The molecule has 1 amide bonds. The Kier molecular flexibility index (Phi) is 3.67. The number of thioether (sulfide) groups is 1. The molecule has 1 fully saturated rings. The minimum Gasteiger partial charge on any atom is -0.486 e. The fourth-order valence-electron chi connectivity index (χ4n) is 2.07. The third-order valence-electron chi connectivity index (χ3n) is 3.05.